The van der Waals surface area contributed by atoms with Crippen LogP contribution in [0, 0.1) is 0 Å². The molecule has 0 bridgehead atoms. The lowest BCUT2D eigenvalue weighted by molar-refractivity contribution is -0.157. The molecule has 1 saturated heterocycles. The van der Waals surface area contributed by atoms with Crippen molar-refractivity contribution in [1.82, 2.24) is 4.31 Å². The molecule has 1 fully saturated rings. The van der Waals surface area contributed by atoms with E-state index < -0.39 is 28.2 Å². The Morgan fingerprint density at radius 3 is 2.45 bits per heavy atom. The fourth-order valence-corrected chi connectivity index (χ4v) is 3.88. The third kappa shape index (κ3) is 3.20. The summed E-state index contributed by atoms with van der Waals surface area (Å²) in [6, 6.07) is 6.36. The van der Waals surface area contributed by atoms with Crippen LogP contribution < -0.4 is 0 Å². The van der Waals surface area contributed by atoms with Crippen LogP contribution in [0.1, 0.15) is 6.92 Å². The molecule has 0 aromatic heterocycles. The molecule has 0 amide bonds. The first-order valence-corrected chi connectivity index (χ1v) is 8.08. The lowest BCUT2D eigenvalue weighted by Crippen LogP contribution is -2.63. The second kappa shape index (κ2) is 5.44. The van der Waals surface area contributed by atoms with Crippen molar-refractivity contribution in [3.63, 3.8) is 0 Å². The summed E-state index contributed by atoms with van der Waals surface area (Å²) in [5.74, 6) is -1.07. The number of rotatable bonds is 5. The number of hydrogen-bond acceptors (Lipinski definition) is 4. The molecule has 0 atom stereocenters. The maximum atomic E-state index is 12.3. The predicted molar refractivity (Wildman–Crippen MR) is 74.9 cm³/mol. The van der Waals surface area contributed by atoms with Gasteiger partial charge >= 0.3 is 5.97 Å². The Labute approximate surface area is 125 Å². The smallest absolute Gasteiger partial charge is 0.329 e. The molecule has 0 spiro atoms. The van der Waals surface area contributed by atoms with Gasteiger partial charge in [0.25, 0.3) is 0 Å². The average molecular weight is 364 g/mol. The quantitative estimate of drug-likeness (QED) is 0.852. The summed E-state index contributed by atoms with van der Waals surface area (Å²) in [5, 5.41) is 8.56. The molecule has 8 heteroatoms. The highest BCUT2D eigenvalue weighted by Crippen LogP contribution is 2.30. The third-order valence-electron chi connectivity index (χ3n) is 3.02. The first kappa shape index (κ1) is 15.4. The van der Waals surface area contributed by atoms with Crippen molar-refractivity contribution < 1.29 is 23.1 Å². The van der Waals surface area contributed by atoms with Gasteiger partial charge in [-0.05, 0) is 31.2 Å². The Bertz CT molecular complexity index is 607. The zero-order valence-electron chi connectivity index (χ0n) is 10.7. The summed E-state index contributed by atoms with van der Waals surface area (Å²) >= 11 is 3.25. The molecule has 6 nitrogen and oxygen atoms in total. The van der Waals surface area contributed by atoms with Crippen LogP contribution in [0.2, 0.25) is 0 Å². The molecule has 1 aromatic rings. The minimum absolute atomic E-state index is 0.151. The maximum Gasteiger partial charge on any atom is 0.329 e. The summed E-state index contributed by atoms with van der Waals surface area (Å²) in [6.07, 6.45) is 0. The van der Waals surface area contributed by atoms with Crippen LogP contribution in [0.15, 0.2) is 33.6 Å². The number of halogens is 1. The van der Waals surface area contributed by atoms with Gasteiger partial charge in [0.15, 0.2) is 0 Å². The first-order valence-electron chi connectivity index (χ1n) is 5.84. The molecule has 1 aromatic carbocycles. The van der Waals surface area contributed by atoms with E-state index >= 15 is 0 Å². The molecular formula is C12H14BrNO5S. The van der Waals surface area contributed by atoms with Crippen LogP contribution in [0.5, 0.6) is 0 Å². The van der Waals surface area contributed by atoms with Gasteiger partial charge in [-0.1, -0.05) is 15.9 Å². The zero-order chi connectivity index (χ0) is 15.0. The first-order chi connectivity index (χ1) is 9.23. The number of carboxylic acids is 1. The highest BCUT2D eigenvalue weighted by atomic mass is 79.9. The molecule has 1 N–H and O–H groups in total. The molecule has 0 unspecified atom stereocenters. The van der Waals surface area contributed by atoms with Gasteiger partial charge in [-0.2, -0.15) is 4.31 Å². The standard InChI is InChI=1S/C12H14BrNO5S/c1-12(19-6-11(15)16)7-14(8-12)20(17,18)10-4-2-9(13)3-5-10/h2-5H,6-8H2,1H3,(H,15,16). The topological polar surface area (TPSA) is 83.9 Å². The molecule has 1 aliphatic rings. The van der Waals surface area contributed by atoms with E-state index in [1.54, 1.807) is 19.1 Å². The molecule has 1 heterocycles. The summed E-state index contributed by atoms with van der Waals surface area (Å²) in [6.45, 7) is 1.57. The highest BCUT2D eigenvalue weighted by Gasteiger charge is 2.46. The van der Waals surface area contributed by atoms with E-state index in [0.29, 0.717) is 0 Å². The van der Waals surface area contributed by atoms with E-state index in [9.17, 15) is 13.2 Å². The van der Waals surface area contributed by atoms with Crippen molar-refractivity contribution in [2.75, 3.05) is 19.7 Å². The minimum Gasteiger partial charge on any atom is -0.480 e. The molecule has 0 saturated carbocycles. The molecule has 110 valence electrons. The van der Waals surface area contributed by atoms with Crippen molar-refractivity contribution in [2.24, 2.45) is 0 Å². The Hall–Kier alpha value is -0.960. The number of hydrogen-bond donors (Lipinski definition) is 1. The van der Waals surface area contributed by atoms with Crippen molar-refractivity contribution in [3.8, 4) is 0 Å². The Kier molecular flexibility index (Phi) is 4.19. The van der Waals surface area contributed by atoms with Gasteiger partial charge in [0, 0.05) is 17.6 Å². The second-order valence-corrected chi connectivity index (χ2v) is 7.71. The maximum absolute atomic E-state index is 12.3. The number of sulfonamides is 1. The molecule has 20 heavy (non-hydrogen) atoms. The van der Waals surface area contributed by atoms with Gasteiger partial charge in [0.1, 0.15) is 6.61 Å². The van der Waals surface area contributed by atoms with Crippen molar-refractivity contribution in [1.29, 1.82) is 0 Å². The van der Waals surface area contributed by atoms with Gasteiger partial charge in [-0.3, -0.25) is 0 Å². The number of nitrogens with zero attached hydrogens (tertiary/aromatic N) is 1. The van der Waals surface area contributed by atoms with Crippen LogP contribution in [0.4, 0.5) is 0 Å². The van der Waals surface area contributed by atoms with Gasteiger partial charge in [-0.25, -0.2) is 13.2 Å². The number of carboxylic acid groups (broad SMARTS) is 1. The predicted octanol–water partition coefficient (Wildman–Crippen LogP) is 1.31. The number of benzene rings is 1. The zero-order valence-corrected chi connectivity index (χ0v) is 13.1. The second-order valence-electron chi connectivity index (χ2n) is 4.86. The lowest BCUT2D eigenvalue weighted by atomic mass is 10.0. The van der Waals surface area contributed by atoms with E-state index in [-0.39, 0.29) is 18.0 Å². The fourth-order valence-electron chi connectivity index (χ4n) is 1.95. The SMILES string of the molecule is CC1(OCC(=O)O)CN(S(=O)(=O)c2ccc(Br)cc2)C1. The van der Waals surface area contributed by atoms with E-state index in [1.165, 1.54) is 16.4 Å². The van der Waals surface area contributed by atoms with Crippen molar-refractivity contribution in [3.05, 3.63) is 28.7 Å². The fraction of sp³-hybridized carbons (Fsp3) is 0.417. The van der Waals surface area contributed by atoms with Gasteiger partial charge < -0.3 is 9.84 Å². The van der Waals surface area contributed by atoms with Crippen molar-refractivity contribution in [2.45, 2.75) is 17.4 Å². The molecular weight excluding hydrogens is 350 g/mol. The van der Waals surface area contributed by atoms with Crippen LogP contribution in [-0.2, 0) is 19.6 Å². The van der Waals surface area contributed by atoms with Gasteiger partial charge in [0.2, 0.25) is 10.0 Å². The Morgan fingerprint density at radius 2 is 1.95 bits per heavy atom. The lowest BCUT2D eigenvalue weighted by Gasteiger charge is -2.46. The summed E-state index contributed by atoms with van der Waals surface area (Å²) in [5.41, 5.74) is -0.735. The average Bonchev–Trinajstić information content (AvgIpc) is 2.33. The Balaban J connectivity index is 2.04. The van der Waals surface area contributed by atoms with E-state index in [1.807, 2.05) is 0 Å². The number of aliphatic carboxylic acids is 1. The normalized spacial score (nSPS) is 18.5. The number of carbonyl (C=O) groups is 1. The summed E-state index contributed by atoms with van der Waals surface area (Å²) < 4.78 is 31.9. The Morgan fingerprint density at radius 1 is 1.40 bits per heavy atom. The van der Waals surface area contributed by atoms with Crippen LogP contribution in [0.25, 0.3) is 0 Å². The summed E-state index contributed by atoms with van der Waals surface area (Å²) in [7, 11) is -3.54. The highest BCUT2D eigenvalue weighted by molar-refractivity contribution is 9.10. The number of ether oxygens (including phenoxy) is 1. The van der Waals surface area contributed by atoms with Crippen LogP contribution in [-0.4, -0.2) is 49.1 Å². The third-order valence-corrected chi connectivity index (χ3v) is 5.35. The van der Waals surface area contributed by atoms with Gasteiger partial charge in [0.05, 0.1) is 10.5 Å². The molecule has 0 radical (unpaired) electrons. The monoisotopic (exact) mass is 363 g/mol. The van der Waals surface area contributed by atoms with Crippen molar-refractivity contribution >= 4 is 31.9 Å². The molecule has 0 aliphatic carbocycles. The minimum atomic E-state index is -3.54. The van der Waals surface area contributed by atoms with Crippen LogP contribution >= 0.6 is 15.9 Å². The van der Waals surface area contributed by atoms with E-state index in [2.05, 4.69) is 15.9 Å². The largest absolute Gasteiger partial charge is 0.480 e. The van der Waals surface area contributed by atoms with E-state index in [0.717, 1.165) is 4.47 Å². The summed E-state index contributed by atoms with van der Waals surface area (Å²) in [4.78, 5) is 10.7. The molecule has 2 rings (SSSR count). The molecule has 1 aliphatic heterocycles. The van der Waals surface area contributed by atoms with Gasteiger partial charge in [-0.15, -0.1) is 0 Å². The van der Waals surface area contributed by atoms with Crippen LogP contribution in [0.3, 0.4) is 0 Å². The van der Waals surface area contributed by atoms with E-state index in [4.69, 9.17) is 9.84 Å².